The number of rotatable bonds is 6. The molecule has 1 aliphatic carbocycles. The minimum Gasteiger partial charge on any atom is -0.356 e. The highest BCUT2D eigenvalue weighted by atomic mass is 127. The van der Waals surface area contributed by atoms with Gasteiger partial charge >= 0.3 is 0 Å². The Morgan fingerprint density at radius 1 is 1.30 bits per heavy atom. The maximum absolute atomic E-state index is 13.6. The number of amides is 1. The van der Waals surface area contributed by atoms with Gasteiger partial charge in [0.15, 0.2) is 5.96 Å². The van der Waals surface area contributed by atoms with Gasteiger partial charge in [0.1, 0.15) is 12.4 Å². The second-order valence-electron chi connectivity index (χ2n) is 7.83. The van der Waals surface area contributed by atoms with Crippen LogP contribution in [-0.4, -0.2) is 50.0 Å². The number of likely N-dealkylation sites (N-methyl/N-ethyl adjacent to an activating group) is 1. The van der Waals surface area contributed by atoms with Crippen LogP contribution in [0.2, 0.25) is 0 Å². The number of aliphatic imine (C=N–C) groups is 1. The molecule has 1 saturated carbocycles. The van der Waals surface area contributed by atoms with Crippen molar-refractivity contribution in [3.05, 3.63) is 35.6 Å². The molecular formula is C20H32FIN4O. The molecule has 1 aliphatic rings. The minimum atomic E-state index is -0.272. The highest BCUT2D eigenvalue weighted by Crippen LogP contribution is 2.23. The predicted octanol–water partition coefficient (Wildman–Crippen LogP) is 3.29. The molecular weight excluding hydrogens is 458 g/mol. The van der Waals surface area contributed by atoms with Gasteiger partial charge in [-0.15, -0.1) is 24.0 Å². The summed E-state index contributed by atoms with van der Waals surface area (Å²) in [7, 11) is 3.45. The zero-order chi connectivity index (χ0) is 19.2. The summed E-state index contributed by atoms with van der Waals surface area (Å²) in [6.45, 7) is 4.82. The second-order valence-corrected chi connectivity index (χ2v) is 7.83. The number of hydrogen-bond donors (Lipinski definition) is 2. The van der Waals surface area contributed by atoms with E-state index in [1.54, 1.807) is 26.2 Å². The van der Waals surface area contributed by atoms with Crippen LogP contribution in [0.5, 0.6) is 0 Å². The molecule has 0 atom stereocenters. The van der Waals surface area contributed by atoms with E-state index in [0.717, 1.165) is 18.4 Å². The molecule has 152 valence electrons. The lowest BCUT2D eigenvalue weighted by Gasteiger charge is -2.28. The Hall–Kier alpha value is -1.38. The van der Waals surface area contributed by atoms with Crippen molar-refractivity contribution in [1.29, 1.82) is 0 Å². The summed E-state index contributed by atoms with van der Waals surface area (Å²) in [5.74, 6) is 0.378. The van der Waals surface area contributed by atoms with Gasteiger partial charge in [-0.3, -0.25) is 4.79 Å². The van der Waals surface area contributed by atoms with Crippen LogP contribution in [0.25, 0.3) is 0 Å². The van der Waals surface area contributed by atoms with Gasteiger partial charge in [-0.25, -0.2) is 9.38 Å². The minimum absolute atomic E-state index is 0. The van der Waals surface area contributed by atoms with E-state index in [-0.39, 0.29) is 47.7 Å². The highest BCUT2D eigenvalue weighted by Gasteiger charge is 2.23. The van der Waals surface area contributed by atoms with Crippen LogP contribution in [0.1, 0.15) is 45.1 Å². The molecule has 1 aromatic rings. The topological polar surface area (TPSA) is 56.7 Å². The lowest BCUT2D eigenvalue weighted by atomic mass is 9.84. The highest BCUT2D eigenvalue weighted by molar-refractivity contribution is 14.0. The van der Waals surface area contributed by atoms with Gasteiger partial charge in [0.2, 0.25) is 5.91 Å². The average molecular weight is 490 g/mol. The Bertz CT molecular complexity index is 643. The van der Waals surface area contributed by atoms with E-state index >= 15 is 0 Å². The van der Waals surface area contributed by atoms with Crippen molar-refractivity contribution in [2.24, 2.45) is 4.99 Å². The number of benzene rings is 1. The molecule has 1 aromatic carbocycles. The van der Waals surface area contributed by atoms with E-state index < -0.39 is 0 Å². The van der Waals surface area contributed by atoms with Crippen LogP contribution >= 0.6 is 24.0 Å². The summed E-state index contributed by atoms with van der Waals surface area (Å²) in [6, 6.07) is 7.08. The van der Waals surface area contributed by atoms with Crippen LogP contribution in [-0.2, 0) is 10.2 Å². The van der Waals surface area contributed by atoms with Crippen molar-refractivity contribution in [1.82, 2.24) is 15.5 Å². The summed E-state index contributed by atoms with van der Waals surface area (Å²) < 4.78 is 13.6. The van der Waals surface area contributed by atoms with E-state index in [0.29, 0.717) is 18.5 Å². The van der Waals surface area contributed by atoms with Crippen LogP contribution in [0.4, 0.5) is 4.39 Å². The van der Waals surface area contributed by atoms with E-state index in [9.17, 15) is 9.18 Å². The lowest BCUT2D eigenvalue weighted by molar-refractivity contribution is -0.127. The molecule has 0 spiro atoms. The normalized spacial score (nSPS) is 15.2. The first kappa shape index (κ1) is 23.7. The van der Waals surface area contributed by atoms with Crippen LogP contribution in [0.3, 0.4) is 0 Å². The molecule has 1 fully saturated rings. The third kappa shape index (κ3) is 7.63. The summed E-state index contributed by atoms with van der Waals surface area (Å²) in [5.41, 5.74) is 0.654. The maximum atomic E-state index is 13.6. The largest absolute Gasteiger partial charge is 0.356 e. The Balaban J connectivity index is 0.00000364. The molecule has 0 saturated heterocycles. The van der Waals surface area contributed by atoms with Crippen molar-refractivity contribution in [2.45, 2.75) is 51.0 Å². The monoisotopic (exact) mass is 490 g/mol. The number of carbonyl (C=O) groups is 1. The molecule has 0 heterocycles. The van der Waals surface area contributed by atoms with Crippen molar-refractivity contribution in [3.63, 3.8) is 0 Å². The molecule has 1 amide bonds. The molecule has 0 aromatic heterocycles. The fourth-order valence-electron chi connectivity index (χ4n) is 3.02. The number of guanidine groups is 1. The van der Waals surface area contributed by atoms with Crippen LogP contribution in [0, 0.1) is 5.82 Å². The summed E-state index contributed by atoms with van der Waals surface area (Å²) in [4.78, 5) is 17.9. The molecule has 0 unspecified atom stereocenters. The van der Waals surface area contributed by atoms with Crippen molar-refractivity contribution in [3.8, 4) is 0 Å². The standard InChI is InChI=1S/C20H31FN4O.HI/c1-20(2,15-8-7-9-16(21)12-15)14-23-19(22-13-18(26)25(3)4)24-17-10-5-6-11-17;/h7-9,12,17H,5-6,10-11,13-14H2,1-4H3,(H2,22,23,24);1H. The first-order chi connectivity index (χ1) is 12.3. The zero-order valence-corrected chi connectivity index (χ0v) is 19.0. The lowest BCUT2D eigenvalue weighted by Crippen LogP contribution is -2.47. The van der Waals surface area contributed by atoms with Crippen LogP contribution in [0.15, 0.2) is 29.3 Å². The Kier molecular flexibility index (Phi) is 9.49. The van der Waals surface area contributed by atoms with E-state index in [2.05, 4.69) is 29.5 Å². The number of nitrogens with one attached hydrogen (secondary N) is 2. The van der Waals surface area contributed by atoms with Gasteiger partial charge in [-0.1, -0.05) is 38.8 Å². The van der Waals surface area contributed by atoms with Crippen molar-refractivity contribution < 1.29 is 9.18 Å². The predicted molar refractivity (Wildman–Crippen MR) is 119 cm³/mol. The fourth-order valence-corrected chi connectivity index (χ4v) is 3.02. The van der Waals surface area contributed by atoms with E-state index in [1.165, 1.54) is 23.8 Å². The van der Waals surface area contributed by atoms with E-state index in [1.807, 2.05) is 6.07 Å². The summed E-state index contributed by atoms with van der Waals surface area (Å²) >= 11 is 0. The van der Waals surface area contributed by atoms with Gasteiger partial charge in [-0.05, 0) is 30.5 Å². The molecule has 7 heteroatoms. The van der Waals surface area contributed by atoms with Gasteiger partial charge < -0.3 is 15.5 Å². The first-order valence-electron chi connectivity index (χ1n) is 9.29. The summed E-state index contributed by atoms with van der Waals surface area (Å²) in [5, 5.41) is 6.78. The smallest absolute Gasteiger partial charge is 0.243 e. The van der Waals surface area contributed by atoms with Gasteiger partial charge in [0, 0.05) is 32.1 Å². The van der Waals surface area contributed by atoms with Gasteiger partial charge in [0.25, 0.3) is 0 Å². The Labute approximate surface area is 179 Å². The molecule has 2 rings (SSSR count). The number of hydrogen-bond acceptors (Lipinski definition) is 2. The molecule has 0 bridgehead atoms. The van der Waals surface area contributed by atoms with Crippen molar-refractivity contribution in [2.75, 3.05) is 27.2 Å². The van der Waals surface area contributed by atoms with Gasteiger partial charge in [-0.2, -0.15) is 0 Å². The van der Waals surface area contributed by atoms with Crippen molar-refractivity contribution >= 4 is 35.8 Å². The van der Waals surface area contributed by atoms with Gasteiger partial charge in [0.05, 0.1) is 0 Å². The first-order valence-corrected chi connectivity index (χ1v) is 9.29. The number of halogens is 2. The molecule has 2 N–H and O–H groups in total. The molecule has 27 heavy (non-hydrogen) atoms. The molecule has 0 aliphatic heterocycles. The third-order valence-electron chi connectivity index (χ3n) is 4.87. The Morgan fingerprint density at radius 2 is 1.96 bits per heavy atom. The molecule has 5 nitrogen and oxygen atoms in total. The maximum Gasteiger partial charge on any atom is 0.243 e. The number of nitrogens with zero attached hydrogens (tertiary/aromatic N) is 2. The third-order valence-corrected chi connectivity index (χ3v) is 4.87. The van der Waals surface area contributed by atoms with Crippen LogP contribution < -0.4 is 10.6 Å². The Morgan fingerprint density at radius 3 is 2.56 bits per heavy atom. The fraction of sp³-hybridized carbons (Fsp3) is 0.600. The quantitative estimate of drug-likeness (QED) is 0.366. The number of carbonyl (C=O) groups excluding carboxylic acids is 1. The summed E-state index contributed by atoms with van der Waals surface area (Å²) in [6.07, 6.45) is 4.68. The molecule has 0 radical (unpaired) electrons. The zero-order valence-electron chi connectivity index (χ0n) is 16.7. The second kappa shape index (κ2) is 10.8. The van der Waals surface area contributed by atoms with E-state index in [4.69, 9.17) is 0 Å². The average Bonchev–Trinajstić information content (AvgIpc) is 3.10. The SMILES string of the molecule is CN(C)C(=O)CN=C(NCC(C)(C)c1cccc(F)c1)NC1CCCC1.I.